The molecule has 2 N–H and O–H groups in total. The second-order valence-corrected chi connectivity index (χ2v) is 5.25. The van der Waals surface area contributed by atoms with E-state index in [2.05, 4.69) is 5.32 Å². The highest BCUT2D eigenvalue weighted by Gasteiger charge is 2.18. The molecule has 2 rings (SSSR count). The highest BCUT2D eigenvalue weighted by molar-refractivity contribution is 6.32. The van der Waals surface area contributed by atoms with Gasteiger partial charge >= 0.3 is 5.97 Å². The van der Waals surface area contributed by atoms with E-state index in [-0.39, 0.29) is 18.7 Å². The lowest BCUT2D eigenvalue weighted by molar-refractivity contribution is -0.137. The third-order valence-electron chi connectivity index (χ3n) is 2.91. The Hall–Kier alpha value is -1.95. The summed E-state index contributed by atoms with van der Waals surface area (Å²) >= 11 is 6.09. The Kier molecular flexibility index (Phi) is 4.90. The number of benzene rings is 1. The Balaban J connectivity index is 2.01. The van der Waals surface area contributed by atoms with Crippen molar-refractivity contribution >= 4 is 23.5 Å². The molecular weight excluding hydrogens is 298 g/mol. The molecule has 1 aromatic rings. The summed E-state index contributed by atoms with van der Waals surface area (Å²) in [7, 11) is 0. The second-order valence-electron chi connectivity index (χ2n) is 4.85. The van der Waals surface area contributed by atoms with E-state index in [4.69, 9.17) is 26.2 Å². The first-order valence-electron chi connectivity index (χ1n) is 6.55. The van der Waals surface area contributed by atoms with Crippen molar-refractivity contribution in [2.75, 3.05) is 13.2 Å². The van der Waals surface area contributed by atoms with Crippen molar-refractivity contribution in [1.82, 2.24) is 5.32 Å². The van der Waals surface area contributed by atoms with Gasteiger partial charge in [0.25, 0.3) is 0 Å². The minimum atomic E-state index is -0.954. The molecule has 0 spiro atoms. The third kappa shape index (κ3) is 4.26. The SMILES string of the molecule is CC(CC(=O)O)NC(=O)Cc1cc(Cl)c2c(c1)OCCO2. The fourth-order valence-electron chi connectivity index (χ4n) is 2.09. The number of aliphatic carboxylic acids is 1. The number of nitrogens with one attached hydrogen (secondary N) is 1. The summed E-state index contributed by atoms with van der Waals surface area (Å²) < 4.78 is 10.8. The number of carbonyl (C=O) groups is 2. The van der Waals surface area contributed by atoms with Crippen LogP contribution in [-0.4, -0.2) is 36.2 Å². The number of halogens is 1. The molecule has 0 aliphatic carbocycles. The van der Waals surface area contributed by atoms with Crippen molar-refractivity contribution < 1.29 is 24.2 Å². The van der Waals surface area contributed by atoms with Gasteiger partial charge in [-0.3, -0.25) is 9.59 Å². The van der Waals surface area contributed by atoms with Crippen molar-refractivity contribution in [2.24, 2.45) is 0 Å². The standard InChI is InChI=1S/C14H16ClNO5/c1-8(4-13(18)19)16-12(17)7-9-5-10(15)14-11(6-9)20-2-3-21-14/h5-6,8H,2-4,7H2,1H3,(H,16,17)(H,18,19). The van der Waals surface area contributed by atoms with Crippen molar-refractivity contribution in [3.05, 3.63) is 22.7 Å². The van der Waals surface area contributed by atoms with Gasteiger partial charge in [-0.1, -0.05) is 11.6 Å². The summed E-state index contributed by atoms with van der Waals surface area (Å²) in [5, 5.41) is 11.7. The lowest BCUT2D eigenvalue weighted by atomic mass is 10.1. The van der Waals surface area contributed by atoms with Gasteiger partial charge in [0, 0.05) is 6.04 Å². The first-order valence-corrected chi connectivity index (χ1v) is 6.92. The molecule has 0 fully saturated rings. The van der Waals surface area contributed by atoms with Crippen molar-refractivity contribution in [1.29, 1.82) is 0 Å². The monoisotopic (exact) mass is 313 g/mol. The number of carbonyl (C=O) groups excluding carboxylic acids is 1. The summed E-state index contributed by atoms with van der Waals surface area (Å²) in [6.45, 7) is 2.52. The number of hydrogen-bond donors (Lipinski definition) is 2. The molecule has 114 valence electrons. The number of amides is 1. The van der Waals surface area contributed by atoms with Gasteiger partial charge in [-0.05, 0) is 24.6 Å². The van der Waals surface area contributed by atoms with Crippen molar-refractivity contribution in [2.45, 2.75) is 25.8 Å². The molecule has 1 aliphatic rings. The van der Waals surface area contributed by atoms with Crippen LogP contribution in [0.1, 0.15) is 18.9 Å². The zero-order valence-corrected chi connectivity index (χ0v) is 12.3. The molecular formula is C14H16ClNO5. The zero-order valence-electron chi connectivity index (χ0n) is 11.5. The van der Waals surface area contributed by atoms with E-state index in [0.717, 1.165) is 0 Å². The van der Waals surface area contributed by atoms with Crippen LogP contribution in [0.3, 0.4) is 0 Å². The predicted molar refractivity (Wildman–Crippen MR) is 76.0 cm³/mol. The number of hydrogen-bond acceptors (Lipinski definition) is 4. The van der Waals surface area contributed by atoms with Gasteiger partial charge in [0.1, 0.15) is 13.2 Å². The van der Waals surface area contributed by atoms with E-state index in [1.54, 1.807) is 19.1 Å². The van der Waals surface area contributed by atoms with Gasteiger partial charge in [-0.15, -0.1) is 0 Å². The molecule has 0 saturated carbocycles. The molecule has 7 heteroatoms. The maximum Gasteiger partial charge on any atom is 0.305 e. The fraction of sp³-hybridized carbons (Fsp3) is 0.429. The molecule has 1 atom stereocenters. The van der Waals surface area contributed by atoms with E-state index >= 15 is 0 Å². The molecule has 1 aliphatic heterocycles. The summed E-state index contributed by atoms with van der Waals surface area (Å²) in [6.07, 6.45) is -0.0199. The fourth-order valence-corrected chi connectivity index (χ4v) is 2.38. The molecule has 21 heavy (non-hydrogen) atoms. The van der Waals surface area contributed by atoms with E-state index in [9.17, 15) is 9.59 Å². The lowest BCUT2D eigenvalue weighted by Crippen LogP contribution is -2.35. The minimum absolute atomic E-state index is 0.0975. The predicted octanol–water partition coefficient (Wildman–Crippen LogP) is 1.63. The van der Waals surface area contributed by atoms with Crippen molar-refractivity contribution in [3.63, 3.8) is 0 Å². The minimum Gasteiger partial charge on any atom is -0.486 e. The van der Waals surface area contributed by atoms with Crippen LogP contribution in [0.4, 0.5) is 0 Å². The normalized spacial score (nSPS) is 14.4. The van der Waals surface area contributed by atoms with Crippen LogP contribution in [0.15, 0.2) is 12.1 Å². The number of carboxylic acid groups (broad SMARTS) is 1. The average molecular weight is 314 g/mol. The van der Waals surface area contributed by atoms with Crippen LogP contribution in [-0.2, 0) is 16.0 Å². The van der Waals surface area contributed by atoms with Crippen LogP contribution in [0, 0.1) is 0 Å². The molecule has 0 bridgehead atoms. The Morgan fingerprint density at radius 2 is 2.10 bits per heavy atom. The third-order valence-corrected chi connectivity index (χ3v) is 3.19. The smallest absolute Gasteiger partial charge is 0.305 e. The van der Waals surface area contributed by atoms with E-state index in [1.165, 1.54) is 0 Å². The van der Waals surface area contributed by atoms with Gasteiger partial charge < -0.3 is 19.9 Å². The number of carboxylic acids is 1. The Labute approximate surface area is 127 Å². The molecule has 0 radical (unpaired) electrons. The van der Waals surface area contributed by atoms with Gasteiger partial charge in [-0.25, -0.2) is 0 Å². The van der Waals surface area contributed by atoms with E-state index in [0.29, 0.717) is 35.3 Å². The largest absolute Gasteiger partial charge is 0.486 e. The zero-order chi connectivity index (χ0) is 15.4. The van der Waals surface area contributed by atoms with Gasteiger partial charge in [0.2, 0.25) is 5.91 Å². The van der Waals surface area contributed by atoms with E-state index < -0.39 is 12.0 Å². The Bertz CT molecular complexity index is 561. The van der Waals surface area contributed by atoms with Crippen molar-refractivity contribution in [3.8, 4) is 11.5 Å². The topological polar surface area (TPSA) is 84.9 Å². The highest BCUT2D eigenvalue weighted by atomic mass is 35.5. The summed E-state index contributed by atoms with van der Waals surface area (Å²) in [6, 6.07) is 2.93. The van der Waals surface area contributed by atoms with E-state index in [1.807, 2.05) is 0 Å². The lowest BCUT2D eigenvalue weighted by Gasteiger charge is -2.20. The molecule has 0 aromatic heterocycles. The Morgan fingerprint density at radius 3 is 2.81 bits per heavy atom. The number of fused-ring (bicyclic) bond motifs is 1. The first kappa shape index (κ1) is 15.4. The van der Waals surface area contributed by atoms with Gasteiger partial charge in [0.05, 0.1) is 17.9 Å². The molecule has 1 heterocycles. The highest BCUT2D eigenvalue weighted by Crippen LogP contribution is 2.38. The van der Waals surface area contributed by atoms with Gasteiger partial charge in [0.15, 0.2) is 11.5 Å². The second kappa shape index (κ2) is 6.67. The Morgan fingerprint density at radius 1 is 1.38 bits per heavy atom. The summed E-state index contributed by atoms with van der Waals surface area (Å²) in [5.74, 6) is -0.205. The van der Waals surface area contributed by atoms with Crippen LogP contribution >= 0.6 is 11.6 Å². The van der Waals surface area contributed by atoms with Crippen LogP contribution < -0.4 is 14.8 Å². The maximum absolute atomic E-state index is 11.9. The molecule has 0 saturated heterocycles. The summed E-state index contributed by atoms with van der Waals surface area (Å²) in [4.78, 5) is 22.4. The molecule has 1 amide bonds. The first-order chi connectivity index (χ1) is 9.95. The molecule has 1 aromatic carbocycles. The number of rotatable bonds is 5. The van der Waals surface area contributed by atoms with Gasteiger partial charge in [-0.2, -0.15) is 0 Å². The van der Waals surface area contributed by atoms with Crippen LogP contribution in [0.5, 0.6) is 11.5 Å². The molecule has 1 unspecified atom stereocenters. The van der Waals surface area contributed by atoms with Crippen LogP contribution in [0.25, 0.3) is 0 Å². The maximum atomic E-state index is 11.9. The average Bonchev–Trinajstić information content (AvgIpc) is 2.37. The molecule has 6 nitrogen and oxygen atoms in total. The van der Waals surface area contributed by atoms with Crippen LogP contribution in [0.2, 0.25) is 5.02 Å². The summed E-state index contributed by atoms with van der Waals surface area (Å²) in [5.41, 5.74) is 0.685. The number of ether oxygens (including phenoxy) is 2. The quantitative estimate of drug-likeness (QED) is 0.863.